The van der Waals surface area contributed by atoms with Gasteiger partial charge in [0.05, 0.1) is 31.0 Å². The maximum absolute atomic E-state index is 12.2. The zero-order chi connectivity index (χ0) is 17.7. The fourth-order valence-corrected chi connectivity index (χ4v) is 3.15. The van der Waals surface area contributed by atoms with E-state index in [1.54, 1.807) is 4.90 Å². The smallest absolute Gasteiger partial charge is 0.279 e. The Hall–Kier alpha value is -1.63. The van der Waals surface area contributed by atoms with Gasteiger partial charge in [-0.05, 0) is 31.0 Å². The number of nitrogens with one attached hydrogen (secondary N) is 2. The first-order valence-electron chi connectivity index (χ1n) is 8.10. The van der Waals surface area contributed by atoms with Gasteiger partial charge in [-0.1, -0.05) is 17.7 Å². The van der Waals surface area contributed by atoms with Crippen LogP contribution in [0, 0.1) is 13.8 Å². The average molecular weight is 355 g/mol. The fraction of sp³-hybridized carbons (Fsp3) is 0.529. The molecule has 0 saturated carbocycles. The number of hydrogen-bond acceptors (Lipinski definition) is 3. The van der Waals surface area contributed by atoms with Crippen molar-refractivity contribution in [2.24, 2.45) is 0 Å². The number of carbonyl (C=O) groups is 2. The molecule has 2 amide bonds. The van der Waals surface area contributed by atoms with Crippen molar-refractivity contribution >= 4 is 29.1 Å². The molecular formula is C17H25ClN3O3+. The number of halogens is 1. The SMILES string of the molecule is Cc1cc(C)c(NC(=O)C[NH+](C)CC(=O)N2CCOCC2)c(Cl)c1. The standard InChI is InChI=1S/C17H24ClN3O3/c1-12-8-13(2)17(14(18)9-12)19-15(22)10-20(3)11-16(23)21-4-6-24-7-5-21/h8-9H,4-7,10-11H2,1-3H3,(H,19,22)/p+1. The highest BCUT2D eigenvalue weighted by molar-refractivity contribution is 6.34. The lowest BCUT2D eigenvalue weighted by molar-refractivity contribution is -0.862. The van der Waals surface area contributed by atoms with Crippen LogP contribution in [0.3, 0.4) is 0 Å². The minimum atomic E-state index is -0.156. The van der Waals surface area contributed by atoms with E-state index in [9.17, 15) is 9.59 Å². The molecule has 1 atom stereocenters. The molecule has 6 nitrogen and oxygen atoms in total. The van der Waals surface area contributed by atoms with E-state index in [2.05, 4.69) is 5.32 Å². The van der Waals surface area contributed by atoms with Crippen molar-refractivity contribution in [3.63, 3.8) is 0 Å². The molecule has 1 unspecified atom stereocenters. The Balaban J connectivity index is 1.86. The van der Waals surface area contributed by atoms with E-state index in [-0.39, 0.29) is 24.9 Å². The Morgan fingerprint density at radius 1 is 1.25 bits per heavy atom. The van der Waals surface area contributed by atoms with Crippen LogP contribution in [0.25, 0.3) is 0 Å². The second-order valence-electron chi connectivity index (χ2n) is 6.29. The lowest BCUT2D eigenvalue weighted by atomic mass is 10.1. The maximum Gasteiger partial charge on any atom is 0.279 e. The third kappa shape index (κ3) is 5.19. The van der Waals surface area contributed by atoms with E-state index >= 15 is 0 Å². The van der Waals surface area contributed by atoms with Crippen LogP contribution in [0.5, 0.6) is 0 Å². The minimum absolute atomic E-state index is 0.0492. The van der Waals surface area contributed by atoms with E-state index < -0.39 is 0 Å². The monoisotopic (exact) mass is 354 g/mol. The molecule has 132 valence electrons. The van der Waals surface area contributed by atoms with Gasteiger partial charge >= 0.3 is 0 Å². The summed E-state index contributed by atoms with van der Waals surface area (Å²) in [6, 6.07) is 3.79. The summed E-state index contributed by atoms with van der Waals surface area (Å²) in [6.07, 6.45) is 0. The third-order valence-corrected chi connectivity index (χ3v) is 4.27. The molecule has 2 rings (SSSR count). The lowest BCUT2D eigenvalue weighted by Gasteiger charge is -2.27. The number of anilines is 1. The Labute approximate surface area is 147 Å². The van der Waals surface area contributed by atoms with Gasteiger partial charge in [0.1, 0.15) is 0 Å². The average Bonchev–Trinajstić information content (AvgIpc) is 2.51. The first-order chi connectivity index (χ1) is 11.4. The molecule has 0 bridgehead atoms. The molecular weight excluding hydrogens is 330 g/mol. The van der Waals surface area contributed by atoms with Crippen molar-refractivity contribution in [2.45, 2.75) is 13.8 Å². The molecule has 0 aliphatic carbocycles. The van der Waals surface area contributed by atoms with Crippen LogP contribution in [0.15, 0.2) is 12.1 Å². The molecule has 2 N–H and O–H groups in total. The van der Waals surface area contributed by atoms with E-state index in [4.69, 9.17) is 16.3 Å². The molecule has 0 radical (unpaired) electrons. The Morgan fingerprint density at radius 2 is 1.92 bits per heavy atom. The fourth-order valence-electron chi connectivity index (χ4n) is 2.78. The maximum atomic E-state index is 12.2. The van der Waals surface area contributed by atoms with Gasteiger partial charge in [0.25, 0.3) is 11.8 Å². The van der Waals surface area contributed by atoms with Crippen LogP contribution >= 0.6 is 11.6 Å². The van der Waals surface area contributed by atoms with Crippen molar-refractivity contribution < 1.29 is 19.2 Å². The second-order valence-corrected chi connectivity index (χ2v) is 6.70. The zero-order valence-electron chi connectivity index (χ0n) is 14.4. The second kappa shape index (κ2) is 8.46. The molecule has 1 aromatic rings. The summed E-state index contributed by atoms with van der Waals surface area (Å²) < 4.78 is 5.24. The number of likely N-dealkylation sites (N-methyl/N-ethyl adjacent to an activating group) is 1. The number of quaternary nitrogens is 1. The number of carbonyl (C=O) groups excluding carboxylic acids is 2. The topological polar surface area (TPSA) is 63.1 Å². The molecule has 1 fully saturated rings. The van der Waals surface area contributed by atoms with E-state index in [0.717, 1.165) is 16.0 Å². The molecule has 24 heavy (non-hydrogen) atoms. The number of amides is 2. The Kier molecular flexibility index (Phi) is 6.60. The number of aryl methyl sites for hydroxylation is 2. The summed E-state index contributed by atoms with van der Waals surface area (Å²) in [5.41, 5.74) is 2.62. The highest BCUT2D eigenvalue weighted by Gasteiger charge is 2.22. The number of benzene rings is 1. The quantitative estimate of drug-likeness (QED) is 0.798. The van der Waals surface area contributed by atoms with Crippen LogP contribution in [-0.4, -0.2) is 63.2 Å². The van der Waals surface area contributed by atoms with Gasteiger partial charge in [-0.3, -0.25) is 9.59 Å². The first-order valence-corrected chi connectivity index (χ1v) is 8.48. The summed E-state index contributed by atoms with van der Waals surface area (Å²) in [5.74, 6) is -0.107. The number of rotatable bonds is 5. The predicted octanol–water partition coefficient (Wildman–Crippen LogP) is 0.269. The van der Waals surface area contributed by atoms with Crippen molar-refractivity contribution in [2.75, 3.05) is 51.8 Å². The molecule has 1 heterocycles. The van der Waals surface area contributed by atoms with Crippen LogP contribution in [0.2, 0.25) is 5.02 Å². The number of hydrogen-bond donors (Lipinski definition) is 2. The molecule has 1 aliphatic rings. The van der Waals surface area contributed by atoms with Gasteiger partial charge < -0.3 is 19.9 Å². The molecule has 0 aromatic heterocycles. The molecule has 1 aliphatic heterocycles. The third-order valence-electron chi connectivity index (χ3n) is 3.98. The van der Waals surface area contributed by atoms with E-state index in [0.29, 0.717) is 37.0 Å². The molecule has 1 saturated heterocycles. The van der Waals surface area contributed by atoms with Crippen LogP contribution in [-0.2, 0) is 14.3 Å². The summed E-state index contributed by atoms with van der Waals surface area (Å²) in [5, 5.41) is 3.38. The van der Waals surface area contributed by atoms with Gasteiger partial charge in [-0.2, -0.15) is 0 Å². The lowest BCUT2D eigenvalue weighted by Crippen LogP contribution is -3.11. The Bertz CT molecular complexity index is 592. The van der Waals surface area contributed by atoms with Crippen molar-refractivity contribution in [1.29, 1.82) is 0 Å². The van der Waals surface area contributed by atoms with Crippen molar-refractivity contribution in [3.05, 3.63) is 28.3 Å². The van der Waals surface area contributed by atoms with Crippen molar-refractivity contribution in [1.82, 2.24) is 4.90 Å². The molecule has 1 aromatic carbocycles. The highest BCUT2D eigenvalue weighted by atomic mass is 35.5. The van der Waals surface area contributed by atoms with Gasteiger partial charge in [0, 0.05) is 13.1 Å². The minimum Gasteiger partial charge on any atom is -0.378 e. The van der Waals surface area contributed by atoms with E-state index in [1.165, 1.54) is 0 Å². The Morgan fingerprint density at radius 3 is 2.54 bits per heavy atom. The molecule has 7 heteroatoms. The first kappa shape index (κ1) is 18.7. The normalized spacial score (nSPS) is 15.9. The summed E-state index contributed by atoms with van der Waals surface area (Å²) in [4.78, 5) is 27.0. The summed E-state index contributed by atoms with van der Waals surface area (Å²) >= 11 is 6.21. The van der Waals surface area contributed by atoms with E-state index in [1.807, 2.05) is 33.0 Å². The highest BCUT2D eigenvalue weighted by Crippen LogP contribution is 2.27. The van der Waals surface area contributed by atoms with Crippen LogP contribution in [0.1, 0.15) is 11.1 Å². The summed E-state index contributed by atoms with van der Waals surface area (Å²) in [6.45, 7) is 6.76. The number of ether oxygens (including phenoxy) is 1. The zero-order valence-corrected chi connectivity index (χ0v) is 15.2. The molecule has 0 spiro atoms. The largest absolute Gasteiger partial charge is 0.378 e. The number of morpholine rings is 1. The van der Waals surface area contributed by atoms with Gasteiger partial charge in [-0.15, -0.1) is 0 Å². The van der Waals surface area contributed by atoms with Crippen molar-refractivity contribution in [3.8, 4) is 0 Å². The van der Waals surface area contributed by atoms with Gasteiger partial charge in [0.15, 0.2) is 13.1 Å². The number of nitrogens with zero attached hydrogens (tertiary/aromatic N) is 1. The van der Waals surface area contributed by atoms with Gasteiger partial charge in [0.2, 0.25) is 0 Å². The summed E-state index contributed by atoms with van der Waals surface area (Å²) in [7, 11) is 1.83. The van der Waals surface area contributed by atoms with Crippen LogP contribution < -0.4 is 10.2 Å². The van der Waals surface area contributed by atoms with Gasteiger partial charge in [-0.25, -0.2) is 0 Å². The van der Waals surface area contributed by atoms with Crippen LogP contribution in [0.4, 0.5) is 5.69 Å². The predicted molar refractivity (Wildman–Crippen MR) is 93.6 cm³/mol.